The SMILES string of the molecule is CCOC(=O)NNC(=O)CNC(=O)COc1ccccc1. The predicted octanol–water partition coefficient (Wildman–Crippen LogP) is -0.0411. The van der Waals surface area contributed by atoms with Crippen LogP contribution in [0.1, 0.15) is 6.92 Å². The Kier molecular flexibility index (Phi) is 7.12. The van der Waals surface area contributed by atoms with E-state index in [9.17, 15) is 14.4 Å². The van der Waals surface area contributed by atoms with Crippen LogP contribution in [0.2, 0.25) is 0 Å². The van der Waals surface area contributed by atoms with E-state index in [1.165, 1.54) is 0 Å². The van der Waals surface area contributed by atoms with Gasteiger partial charge in [-0.1, -0.05) is 18.2 Å². The van der Waals surface area contributed by atoms with Gasteiger partial charge in [0.1, 0.15) is 5.75 Å². The summed E-state index contributed by atoms with van der Waals surface area (Å²) in [5.41, 5.74) is 4.10. The Morgan fingerprint density at radius 3 is 2.43 bits per heavy atom. The maximum absolute atomic E-state index is 11.4. The Morgan fingerprint density at radius 2 is 1.76 bits per heavy atom. The molecule has 0 bridgehead atoms. The van der Waals surface area contributed by atoms with Crippen molar-refractivity contribution in [1.82, 2.24) is 16.2 Å². The molecule has 8 nitrogen and oxygen atoms in total. The zero-order valence-electron chi connectivity index (χ0n) is 11.5. The molecule has 0 aliphatic rings. The van der Waals surface area contributed by atoms with Crippen molar-refractivity contribution in [2.45, 2.75) is 6.92 Å². The Bertz CT molecular complexity index is 478. The molecule has 0 saturated heterocycles. The highest BCUT2D eigenvalue weighted by atomic mass is 16.6. The van der Waals surface area contributed by atoms with Crippen LogP contribution >= 0.6 is 0 Å². The summed E-state index contributed by atoms with van der Waals surface area (Å²) in [6.07, 6.45) is -0.774. The molecule has 0 heterocycles. The van der Waals surface area contributed by atoms with Crippen molar-refractivity contribution in [2.24, 2.45) is 0 Å². The highest BCUT2D eigenvalue weighted by Gasteiger charge is 2.07. The molecule has 1 aromatic carbocycles. The first-order chi connectivity index (χ1) is 10.1. The van der Waals surface area contributed by atoms with Crippen molar-refractivity contribution in [2.75, 3.05) is 19.8 Å². The summed E-state index contributed by atoms with van der Waals surface area (Å²) in [7, 11) is 0. The fourth-order valence-corrected chi connectivity index (χ4v) is 1.23. The first-order valence-electron chi connectivity index (χ1n) is 6.28. The standard InChI is InChI=1S/C13H17N3O5/c1-2-20-13(19)16-15-11(17)8-14-12(18)9-21-10-6-4-3-5-7-10/h3-7H,2,8-9H2,1H3,(H,14,18)(H,15,17)(H,16,19). The second-order valence-electron chi connectivity index (χ2n) is 3.77. The summed E-state index contributed by atoms with van der Waals surface area (Å²) in [6, 6.07) is 8.81. The largest absolute Gasteiger partial charge is 0.484 e. The minimum absolute atomic E-state index is 0.190. The Morgan fingerprint density at radius 1 is 1.05 bits per heavy atom. The molecule has 21 heavy (non-hydrogen) atoms. The molecule has 0 spiro atoms. The molecule has 1 rings (SSSR count). The Balaban J connectivity index is 2.15. The van der Waals surface area contributed by atoms with Gasteiger partial charge in [-0.2, -0.15) is 0 Å². The number of hydrazine groups is 1. The van der Waals surface area contributed by atoms with E-state index < -0.39 is 17.9 Å². The number of carbonyl (C=O) groups excluding carboxylic acids is 3. The number of para-hydroxylation sites is 1. The summed E-state index contributed by atoms with van der Waals surface area (Å²) < 4.78 is 9.73. The van der Waals surface area contributed by atoms with E-state index in [-0.39, 0.29) is 19.8 Å². The van der Waals surface area contributed by atoms with Crippen LogP contribution in [0.15, 0.2) is 30.3 Å². The van der Waals surface area contributed by atoms with Crippen molar-refractivity contribution in [3.8, 4) is 5.75 Å². The summed E-state index contributed by atoms with van der Waals surface area (Å²) in [5.74, 6) is -0.484. The van der Waals surface area contributed by atoms with Crippen LogP contribution in [-0.4, -0.2) is 37.7 Å². The molecule has 0 aromatic heterocycles. The maximum atomic E-state index is 11.4. The van der Waals surface area contributed by atoms with Gasteiger partial charge in [0.05, 0.1) is 13.2 Å². The molecule has 0 aliphatic heterocycles. The van der Waals surface area contributed by atoms with Gasteiger partial charge in [0.15, 0.2) is 6.61 Å². The van der Waals surface area contributed by atoms with Gasteiger partial charge in [-0.15, -0.1) is 0 Å². The molecule has 3 N–H and O–H groups in total. The average molecular weight is 295 g/mol. The summed E-state index contributed by atoms with van der Waals surface area (Å²) in [5, 5.41) is 2.34. The predicted molar refractivity (Wildman–Crippen MR) is 73.2 cm³/mol. The van der Waals surface area contributed by atoms with Crippen LogP contribution in [0.3, 0.4) is 0 Å². The summed E-state index contributed by atoms with van der Waals surface area (Å²) in [6.45, 7) is 1.33. The van der Waals surface area contributed by atoms with Gasteiger partial charge in [-0.25, -0.2) is 10.2 Å². The van der Waals surface area contributed by atoms with Crippen LogP contribution in [0.5, 0.6) is 5.75 Å². The first-order valence-corrected chi connectivity index (χ1v) is 6.28. The third-order valence-electron chi connectivity index (χ3n) is 2.14. The molecule has 0 radical (unpaired) electrons. The molecule has 0 aliphatic carbocycles. The van der Waals surface area contributed by atoms with Gasteiger partial charge in [0.25, 0.3) is 11.8 Å². The minimum atomic E-state index is -0.774. The number of hydrogen-bond acceptors (Lipinski definition) is 5. The lowest BCUT2D eigenvalue weighted by atomic mass is 10.3. The van der Waals surface area contributed by atoms with Gasteiger partial charge in [0, 0.05) is 0 Å². The second-order valence-corrected chi connectivity index (χ2v) is 3.77. The molecule has 0 fully saturated rings. The lowest BCUT2D eigenvalue weighted by Crippen LogP contribution is -2.47. The number of amides is 3. The number of hydrogen-bond donors (Lipinski definition) is 3. The van der Waals surface area contributed by atoms with E-state index in [2.05, 4.69) is 15.5 Å². The topological polar surface area (TPSA) is 106 Å². The molecular formula is C13H17N3O5. The smallest absolute Gasteiger partial charge is 0.426 e. The first kappa shape index (κ1) is 16.3. The zero-order valence-corrected chi connectivity index (χ0v) is 11.5. The van der Waals surface area contributed by atoms with Crippen molar-refractivity contribution in [1.29, 1.82) is 0 Å². The molecule has 1 aromatic rings. The van der Waals surface area contributed by atoms with Crippen LogP contribution in [0, 0.1) is 0 Å². The number of ether oxygens (including phenoxy) is 2. The molecule has 114 valence electrons. The van der Waals surface area contributed by atoms with Gasteiger partial charge in [-0.3, -0.25) is 15.0 Å². The van der Waals surface area contributed by atoms with Gasteiger partial charge in [-0.05, 0) is 19.1 Å². The van der Waals surface area contributed by atoms with Gasteiger partial charge in [0.2, 0.25) is 0 Å². The fraction of sp³-hybridized carbons (Fsp3) is 0.308. The van der Waals surface area contributed by atoms with E-state index in [1.807, 2.05) is 11.5 Å². The number of nitrogens with one attached hydrogen (secondary N) is 3. The van der Waals surface area contributed by atoms with Crippen molar-refractivity contribution in [3.63, 3.8) is 0 Å². The van der Waals surface area contributed by atoms with Crippen LogP contribution in [0.4, 0.5) is 4.79 Å². The summed E-state index contributed by atoms with van der Waals surface area (Å²) >= 11 is 0. The normalized spacial score (nSPS) is 9.38. The molecular weight excluding hydrogens is 278 g/mol. The Labute approximate surface area is 121 Å². The third-order valence-corrected chi connectivity index (χ3v) is 2.14. The highest BCUT2D eigenvalue weighted by Crippen LogP contribution is 2.07. The number of rotatable bonds is 6. The third kappa shape index (κ3) is 7.41. The van der Waals surface area contributed by atoms with Gasteiger partial charge >= 0.3 is 6.09 Å². The monoisotopic (exact) mass is 295 g/mol. The fourth-order valence-electron chi connectivity index (χ4n) is 1.23. The molecule has 0 atom stereocenters. The van der Waals surface area contributed by atoms with E-state index in [1.54, 1.807) is 31.2 Å². The lowest BCUT2D eigenvalue weighted by Gasteiger charge is -2.09. The second kappa shape index (κ2) is 9.18. The molecule has 8 heteroatoms. The van der Waals surface area contributed by atoms with Crippen molar-refractivity contribution in [3.05, 3.63) is 30.3 Å². The molecule has 0 saturated carbocycles. The van der Waals surface area contributed by atoms with Crippen molar-refractivity contribution < 1.29 is 23.9 Å². The lowest BCUT2D eigenvalue weighted by molar-refractivity contribution is -0.127. The maximum Gasteiger partial charge on any atom is 0.426 e. The quantitative estimate of drug-likeness (QED) is 0.639. The Hall–Kier alpha value is -2.77. The van der Waals surface area contributed by atoms with Crippen LogP contribution < -0.4 is 20.9 Å². The summed E-state index contributed by atoms with van der Waals surface area (Å²) in [4.78, 5) is 33.6. The highest BCUT2D eigenvalue weighted by molar-refractivity contribution is 5.86. The number of carbonyl (C=O) groups is 3. The van der Waals surface area contributed by atoms with Crippen molar-refractivity contribution >= 4 is 17.9 Å². The molecule has 0 unspecified atom stereocenters. The minimum Gasteiger partial charge on any atom is -0.484 e. The van der Waals surface area contributed by atoms with E-state index in [0.717, 1.165) is 0 Å². The number of benzene rings is 1. The average Bonchev–Trinajstić information content (AvgIpc) is 2.50. The molecule has 3 amide bonds. The van der Waals surface area contributed by atoms with Crippen LogP contribution in [-0.2, 0) is 14.3 Å². The van der Waals surface area contributed by atoms with Crippen LogP contribution in [0.25, 0.3) is 0 Å². The van der Waals surface area contributed by atoms with Gasteiger partial charge < -0.3 is 14.8 Å². The van der Waals surface area contributed by atoms with E-state index in [0.29, 0.717) is 5.75 Å². The van der Waals surface area contributed by atoms with E-state index >= 15 is 0 Å². The van der Waals surface area contributed by atoms with E-state index in [4.69, 9.17) is 4.74 Å². The zero-order chi connectivity index (χ0) is 15.5.